The van der Waals surface area contributed by atoms with Crippen molar-refractivity contribution in [2.45, 2.75) is 18.6 Å². The van der Waals surface area contributed by atoms with E-state index < -0.39 is 24.0 Å². The lowest BCUT2D eigenvalue weighted by Crippen LogP contribution is -2.44. The van der Waals surface area contributed by atoms with E-state index in [1.807, 2.05) is 6.07 Å². The molecule has 0 fully saturated rings. The van der Waals surface area contributed by atoms with Crippen LogP contribution in [0.4, 0.5) is 0 Å². The van der Waals surface area contributed by atoms with Gasteiger partial charge in [-0.25, -0.2) is 9.78 Å². The number of carbonyl (C=O) groups is 2. The van der Waals surface area contributed by atoms with Crippen molar-refractivity contribution >= 4 is 27.8 Å². The number of nitrogens with one attached hydrogen (secondary N) is 1. The van der Waals surface area contributed by atoms with Crippen molar-refractivity contribution in [2.24, 2.45) is 0 Å². The van der Waals surface area contributed by atoms with Gasteiger partial charge in [-0.05, 0) is 33.1 Å². The van der Waals surface area contributed by atoms with Crippen LogP contribution in [-0.4, -0.2) is 35.1 Å². The monoisotopic (exact) mass is 392 g/mol. The highest BCUT2D eigenvalue weighted by Gasteiger charge is 2.27. The number of pyridine rings is 1. The molecule has 24 heavy (non-hydrogen) atoms. The normalized spacial score (nSPS) is 13.1. The third-order valence-electron chi connectivity index (χ3n) is 3.45. The number of carboxylic acid groups (broad SMARTS) is 1. The maximum absolute atomic E-state index is 12.4. The zero-order valence-electron chi connectivity index (χ0n) is 13.0. The molecule has 0 aliphatic heterocycles. The summed E-state index contributed by atoms with van der Waals surface area (Å²) in [6.45, 7) is 0. The molecular weight excluding hydrogens is 376 g/mol. The number of aliphatic carboxylic acids is 1. The van der Waals surface area contributed by atoms with E-state index in [-0.39, 0.29) is 6.42 Å². The number of methoxy groups -OCH3 is 1. The van der Waals surface area contributed by atoms with Gasteiger partial charge in [0.15, 0.2) is 6.10 Å². The van der Waals surface area contributed by atoms with Gasteiger partial charge in [0.05, 0.1) is 0 Å². The topological polar surface area (TPSA) is 88.5 Å². The molecule has 1 aromatic heterocycles. The first-order chi connectivity index (χ1) is 11.5. The largest absolute Gasteiger partial charge is 0.480 e. The van der Waals surface area contributed by atoms with Crippen molar-refractivity contribution in [1.29, 1.82) is 0 Å². The number of hydrogen-bond acceptors (Lipinski definition) is 4. The molecule has 0 saturated carbocycles. The van der Waals surface area contributed by atoms with Crippen molar-refractivity contribution < 1.29 is 19.4 Å². The van der Waals surface area contributed by atoms with Crippen LogP contribution >= 0.6 is 15.9 Å². The van der Waals surface area contributed by atoms with E-state index in [0.29, 0.717) is 15.7 Å². The molecule has 1 aromatic carbocycles. The fourth-order valence-corrected chi connectivity index (χ4v) is 2.67. The fourth-order valence-electron chi connectivity index (χ4n) is 2.26. The number of carbonyl (C=O) groups excluding carboxylic acids is 1. The second-order valence-electron chi connectivity index (χ2n) is 5.08. The second-order valence-corrected chi connectivity index (χ2v) is 5.83. The predicted molar refractivity (Wildman–Crippen MR) is 91.4 cm³/mol. The molecule has 6 nitrogen and oxygen atoms in total. The van der Waals surface area contributed by atoms with Crippen LogP contribution in [-0.2, 0) is 20.7 Å². The average Bonchev–Trinajstić information content (AvgIpc) is 2.57. The van der Waals surface area contributed by atoms with Gasteiger partial charge in [0, 0.05) is 19.7 Å². The van der Waals surface area contributed by atoms with E-state index >= 15 is 0 Å². The standard InChI is InChI=1S/C17H17BrN2O4/c1-24-14(11-6-3-2-4-7-11)16(21)20-13(17(22)23)10-12-8-5-9-19-15(12)18/h2-9,13-14H,10H2,1H3,(H,20,21)(H,22,23)/t13-,14-/m0/s1. The summed E-state index contributed by atoms with van der Waals surface area (Å²) in [7, 11) is 1.41. The summed E-state index contributed by atoms with van der Waals surface area (Å²) in [5.74, 6) is -1.63. The molecule has 7 heteroatoms. The number of amides is 1. The fraction of sp³-hybridized carbons (Fsp3) is 0.235. The summed E-state index contributed by atoms with van der Waals surface area (Å²) in [4.78, 5) is 28.0. The Hall–Kier alpha value is -2.25. The van der Waals surface area contributed by atoms with E-state index in [0.717, 1.165) is 0 Å². The molecule has 2 aromatic rings. The lowest BCUT2D eigenvalue weighted by molar-refractivity contribution is -0.144. The molecular formula is C17H17BrN2O4. The Morgan fingerprint density at radius 3 is 2.54 bits per heavy atom. The van der Waals surface area contributed by atoms with Crippen molar-refractivity contribution in [2.75, 3.05) is 7.11 Å². The minimum absolute atomic E-state index is 0.112. The van der Waals surface area contributed by atoms with Gasteiger partial charge >= 0.3 is 5.97 Å². The van der Waals surface area contributed by atoms with Crippen LogP contribution in [0.25, 0.3) is 0 Å². The third kappa shape index (κ3) is 4.62. The van der Waals surface area contributed by atoms with E-state index in [1.165, 1.54) is 7.11 Å². The Kier molecular flexibility index (Phi) is 6.45. The highest BCUT2D eigenvalue weighted by Crippen LogP contribution is 2.18. The van der Waals surface area contributed by atoms with Crippen molar-refractivity contribution in [3.8, 4) is 0 Å². The molecule has 2 N–H and O–H groups in total. The highest BCUT2D eigenvalue weighted by atomic mass is 79.9. The molecule has 1 amide bonds. The van der Waals surface area contributed by atoms with E-state index in [2.05, 4.69) is 26.2 Å². The molecule has 2 rings (SSSR count). The summed E-state index contributed by atoms with van der Waals surface area (Å²) in [5, 5.41) is 11.9. The minimum Gasteiger partial charge on any atom is -0.480 e. The molecule has 2 atom stereocenters. The number of carboxylic acids is 1. The molecule has 0 bridgehead atoms. The first kappa shape index (κ1) is 18.1. The second kappa shape index (κ2) is 8.56. The Morgan fingerprint density at radius 2 is 1.96 bits per heavy atom. The van der Waals surface area contributed by atoms with E-state index in [4.69, 9.17) is 4.74 Å². The predicted octanol–water partition coefficient (Wildman–Crippen LogP) is 2.34. The Labute approximate surface area is 148 Å². The lowest BCUT2D eigenvalue weighted by atomic mass is 10.1. The average molecular weight is 393 g/mol. The maximum Gasteiger partial charge on any atom is 0.326 e. The summed E-state index contributed by atoms with van der Waals surface area (Å²) >= 11 is 3.28. The third-order valence-corrected chi connectivity index (χ3v) is 4.17. The van der Waals surface area contributed by atoms with Gasteiger partial charge in [0.25, 0.3) is 5.91 Å². The minimum atomic E-state index is -1.12. The summed E-state index contributed by atoms with van der Waals surface area (Å²) in [6, 6.07) is 11.3. The Bertz CT molecular complexity index is 709. The number of hydrogen-bond donors (Lipinski definition) is 2. The summed E-state index contributed by atoms with van der Waals surface area (Å²) in [6.07, 6.45) is 0.837. The Morgan fingerprint density at radius 1 is 1.25 bits per heavy atom. The zero-order chi connectivity index (χ0) is 17.5. The number of halogens is 1. The first-order valence-electron chi connectivity index (χ1n) is 7.23. The smallest absolute Gasteiger partial charge is 0.326 e. The van der Waals surface area contributed by atoms with Crippen LogP contribution in [0.2, 0.25) is 0 Å². The lowest BCUT2D eigenvalue weighted by Gasteiger charge is -2.20. The maximum atomic E-state index is 12.4. The van der Waals surface area contributed by atoms with Crippen molar-refractivity contribution in [3.63, 3.8) is 0 Å². The summed E-state index contributed by atoms with van der Waals surface area (Å²) in [5.41, 5.74) is 1.35. The van der Waals surface area contributed by atoms with E-state index in [9.17, 15) is 14.7 Å². The van der Waals surface area contributed by atoms with Crippen LogP contribution in [0.1, 0.15) is 17.2 Å². The highest BCUT2D eigenvalue weighted by molar-refractivity contribution is 9.10. The number of aromatic nitrogens is 1. The molecule has 0 spiro atoms. The van der Waals surface area contributed by atoms with Crippen LogP contribution in [0.3, 0.4) is 0 Å². The molecule has 126 valence electrons. The van der Waals surface area contributed by atoms with Crippen LogP contribution in [0, 0.1) is 0 Å². The first-order valence-corrected chi connectivity index (χ1v) is 8.02. The van der Waals surface area contributed by atoms with Crippen molar-refractivity contribution in [1.82, 2.24) is 10.3 Å². The van der Waals surface area contributed by atoms with Gasteiger partial charge in [0.1, 0.15) is 10.6 Å². The Balaban J connectivity index is 2.13. The SMILES string of the molecule is CO[C@H](C(=O)N[C@@H](Cc1cccnc1Br)C(=O)O)c1ccccc1. The van der Waals surface area contributed by atoms with Gasteiger partial charge in [-0.1, -0.05) is 36.4 Å². The molecule has 1 heterocycles. The number of ether oxygens (including phenoxy) is 1. The molecule has 0 aliphatic rings. The van der Waals surface area contributed by atoms with Gasteiger partial charge in [-0.2, -0.15) is 0 Å². The molecule has 0 saturated heterocycles. The molecule has 0 radical (unpaired) electrons. The number of nitrogens with zero attached hydrogens (tertiary/aromatic N) is 1. The quantitative estimate of drug-likeness (QED) is 0.705. The zero-order valence-corrected chi connectivity index (χ0v) is 14.6. The number of benzene rings is 1. The molecule has 0 unspecified atom stereocenters. The number of rotatable bonds is 7. The van der Waals surface area contributed by atoms with Gasteiger partial charge in [-0.15, -0.1) is 0 Å². The molecule has 0 aliphatic carbocycles. The van der Waals surface area contributed by atoms with Gasteiger partial charge < -0.3 is 15.2 Å². The van der Waals surface area contributed by atoms with Crippen LogP contribution in [0.15, 0.2) is 53.3 Å². The summed E-state index contributed by atoms with van der Waals surface area (Å²) < 4.78 is 5.78. The van der Waals surface area contributed by atoms with Crippen LogP contribution < -0.4 is 5.32 Å². The van der Waals surface area contributed by atoms with Crippen LogP contribution in [0.5, 0.6) is 0 Å². The van der Waals surface area contributed by atoms with Gasteiger partial charge in [-0.3, -0.25) is 4.79 Å². The van der Waals surface area contributed by atoms with E-state index in [1.54, 1.807) is 42.6 Å². The van der Waals surface area contributed by atoms with Crippen molar-refractivity contribution in [3.05, 3.63) is 64.4 Å². The van der Waals surface area contributed by atoms with Gasteiger partial charge in [0.2, 0.25) is 0 Å².